The van der Waals surface area contributed by atoms with Crippen LogP contribution in [0.15, 0.2) is 23.0 Å². The molecule has 1 aromatic heterocycles. The van der Waals surface area contributed by atoms with Gasteiger partial charge in [-0.05, 0) is 39.2 Å². The second kappa shape index (κ2) is 8.72. The van der Waals surface area contributed by atoms with Crippen LogP contribution in [0, 0.1) is 5.92 Å². The first kappa shape index (κ1) is 17.5. The molecule has 6 nitrogen and oxygen atoms in total. The van der Waals surface area contributed by atoms with Gasteiger partial charge < -0.3 is 19.4 Å². The van der Waals surface area contributed by atoms with Gasteiger partial charge in [0.2, 0.25) is 5.91 Å². The number of rotatable bonds is 7. The molecule has 2 heterocycles. The average Bonchev–Trinajstić information content (AvgIpc) is 3.08. The summed E-state index contributed by atoms with van der Waals surface area (Å²) in [5.41, 5.74) is 0.568. The molecule has 1 fully saturated rings. The first-order valence-electron chi connectivity index (χ1n) is 8.28. The molecule has 0 aliphatic carbocycles. The second-order valence-electron chi connectivity index (χ2n) is 6.14. The van der Waals surface area contributed by atoms with Crippen molar-refractivity contribution in [3.05, 3.63) is 24.2 Å². The lowest BCUT2D eigenvalue weighted by Gasteiger charge is -2.31. The number of hydrogen-bond donors (Lipinski definition) is 1. The third-order valence-corrected chi connectivity index (χ3v) is 3.99. The Morgan fingerprint density at radius 2 is 2.13 bits per heavy atom. The van der Waals surface area contributed by atoms with Crippen LogP contribution in [0.2, 0.25) is 0 Å². The van der Waals surface area contributed by atoms with Crippen molar-refractivity contribution in [1.82, 2.24) is 10.2 Å². The Balaban J connectivity index is 1.65. The molecule has 128 valence electrons. The van der Waals surface area contributed by atoms with E-state index in [1.165, 1.54) is 12.5 Å². The monoisotopic (exact) mass is 322 g/mol. The Morgan fingerprint density at radius 3 is 2.74 bits per heavy atom. The molecule has 1 N–H and O–H groups in total. The highest BCUT2D eigenvalue weighted by molar-refractivity contribution is 5.94. The zero-order chi connectivity index (χ0) is 16.7. The van der Waals surface area contributed by atoms with Gasteiger partial charge in [0, 0.05) is 32.2 Å². The van der Waals surface area contributed by atoms with Crippen LogP contribution in [0.3, 0.4) is 0 Å². The van der Waals surface area contributed by atoms with Gasteiger partial charge in [-0.25, -0.2) is 0 Å². The standard InChI is InChI=1S/C17H26N2O4/c1-13(2)23-10-3-7-18-16(20)14-4-8-19(9-5-14)17(21)15-6-11-22-12-15/h6,11-14H,3-5,7-10H2,1-2H3,(H,18,20). The summed E-state index contributed by atoms with van der Waals surface area (Å²) in [7, 11) is 0. The van der Waals surface area contributed by atoms with Crippen molar-refractivity contribution in [2.24, 2.45) is 5.92 Å². The first-order valence-corrected chi connectivity index (χ1v) is 8.28. The fourth-order valence-corrected chi connectivity index (χ4v) is 2.66. The van der Waals surface area contributed by atoms with E-state index in [9.17, 15) is 9.59 Å². The van der Waals surface area contributed by atoms with Crippen LogP contribution in [0.4, 0.5) is 0 Å². The zero-order valence-corrected chi connectivity index (χ0v) is 13.9. The summed E-state index contributed by atoms with van der Waals surface area (Å²) in [5, 5.41) is 2.96. The molecular weight excluding hydrogens is 296 g/mol. The summed E-state index contributed by atoms with van der Waals surface area (Å²) in [6.45, 7) is 6.51. The molecule has 2 amide bonds. The van der Waals surface area contributed by atoms with E-state index < -0.39 is 0 Å². The summed E-state index contributed by atoms with van der Waals surface area (Å²) in [5.74, 6) is 0.0582. The topological polar surface area (TPSA) is 71.8 Å². The van der Waals surface area contributed by atoms with E-state index in [4.69, 9.17) is 9.15 Å². The SMILES string of the molecule is CC(C)OCCCNC(=O)C1CCN(C(=O)c2ccoc2)CC1. The van der Waals surface area contributed by atoms with Gasteiger partial charge in [0.1, 0.15) is 6.26 Å². The van der Waals surface area contributed by atoms with E-state index in [1.54, 1.807) is 11.0 Å². The maximum Gasteiger partial charge on any atom is 0.257 e. The number of hydrogen-bond acceptors (Lipinski definition) is 4. The molecule has 0 spiro atoms. The van der Waals surface area contributed by atoms with Crippen LogP contribution in [0.25, 0.3) is 0 Å². The molecule has 0 atom stereocenters. The Kier molecular flexibility index (Phi) is 6.65. The van der Waals surface area contributed by atoms with Crippen LogP contribution >= 0.6 is 0 Å². The predicted octanol–water partition coefficient (Wildman–Crippen LogP) is 2.06. The normalized spacial score (nSPS) is 15.9. The number of carbonyl (C=O) groups is 2. The summed E-state index contributed by atoms with van der Waals surface area (Å²) in [6, 6.07) is 1.67. The highest BCUT2D eigenvalue weighted by atomic mass is 16.5. The second-order valence-corrected chi connectivity index (χ2v) is 6.14. The highest BCUT2D eigenvalue weighted by Gasteiger charge is 2.27. The third kappa shape index (κ3) is 5.39. The molecule has 1 aliphatic rings. The lowest BCUT2D eigenvalue weighted by Crippen LogP contribution is -2.43. The van der Waals surface area contributed by atoms with Crippen molar-refractivity contribution < 1.29 is 18.7 Å². The number of carbonyl (C=O) groups excluding carboxylic acids is 2. The average molecular weight is 322 g/mol. The molecule has 0 bridgehead atoms. The minimum atomic E-state index is -0.0246. The number of ether oxygens (including phenoxy) is 1. The van der Waals surface area contributed by atoms with Crippen LogP contribution in [-0.2, 0) is 9.53 Å². The summed E-state index contributed by atoms with van der Waals surface area (Å²) in [4.78, 5) is 26.1. The van der Waals surface area contributed by atoms with Crippen LogP contribution in [0.1, 0.15) is 43.5 Å². The van der Waals surface area contributed by atoms with E-state index in [-0.39, 0.29) is 23.8 Å². The van der Waals surface area contributed by atoms with Crippen LogP contribution in [-0.4, -0.2) is 49.1 Å². The third-order valence-electron chi connectivity index (χ3n) is 3.99. The molecule has 2 rings (SSSR count). The van der Waals surface area contributed by atoms with Crippen molar-refractivity contribution >= 4 is 11.8 Å². The smallest absolute Gasteiger partial charge is 0.257 e. The Bertz CT molecular complexity index is 491. The summed E-state index contributed by atoms with van der Waals surface area (Å²) < 4.78 is 10.4. The summed E-state index contributed by atoms with van der Waals surface area (Å²) in [6.07, 6.45) is 5.41. The minimum absolute atomic E-state index is 0.00517. The molecular formula is C17H26N2O4. The number of amides is 2. The fourth-order valence-electron chi connectivity index (χ4n) is 2.66. The molecule has 0 unspecified atom stereocenters. The van der Waals surface area contributed by atoms with Gasteiger partial charge in [0.15, 0.2) is 0 Å². The molecule has 1 aliphatic heterocycles. The summed E-state index contributed by atoms with van der Waals surface area (Å²) >= 11 is 0. The van der Waals surface area contributed by atoms with Crippen molar-refractivity contribution in [2.45, 2.75) is 39.2 Å². The first-order chi connectivity index (χ1) is 11.1. The van der Waals surface area contributed by atoms with Gasteiger partial charge in [0.25, 0.3) is 5.91 Å². The fraction of sp³-hybridized carbons (Fsp3) is 0.647. The van der Waals surface area contributed by atoms with Gasteiger partial charge >= 0.3 is 0 Å². The van der Waals surface area contributed by atoms with Gasteiger partial charge in [-0.2, -0.15) is 0 Å². The maximum atomic E-state index is 12.2. The van der Waals surface area contributed by atoms with Crippen LogP contribution in [0.5, 0.6) is 0 Å². The minimum Gasteiger partial charge on any atom is -0.472 e. The van der Waals surface area contributed by atoms with Crippen molar-refractivity contribution in [3.63, 3.8) is 0 Å². The van der Waals surface area contributed by atoms with Crippen molar-refractivity contribution in [1.29, 1.82) is 0 Å². The Labute approximate surface area is 137 Å². The molecule has 0 aromatic carbocycles. The van der Waals surface area contributed by atoms with E-state index >= 15 is 0 Å². The number of piperidine rings is 1. The van der Waals surface area contributed by atoms with Crippen molar-refractivity contribution in [3.8, 4) is 0 Å². The zero-order valence-electron chi connectivity index (χ0n) is 13.9. The molecule has 23 heavy (non-hydrogen) atoms. The van der Waals surface area contributed by atoms with E-state index in [1.807, 2.05) is 13.8 Å². The number of likely N-dealkylation sites (tertiary alicyclic amines) is 1. The number of furan rings is 1. The lowest BCUT2D eigenvalue weighted by molar-refractivity contribution is -0.126. The number of nitrogens with one attached hydrogen (secondary N) is 1. The number of nitrogens with zero attached hydrogens (tertiary/aromatic N) is 1. The van der Waals surface area contributed by atoms with Crippen molar-refractivity contribution in [2.75, 3.05) is 26.2 Å². The maximum absolute atomic E-state index is 12.2. The lowest BCUT2D eigenvalue weighted by atomic mass is 9.95. The van der Waals surface area contributed by atoms with Gasteiger partial charge in [-0.3, -0.25) is 9.59 Å². The Hall–Kier alpha value is -1.82. The predicted molar refractivity (Wildman–Crippen MR) is 86.1 cm³/mol. The molecule has 6 heteroatoms. The van der Waals surface area contributed by atoms with E-state index in [0.29, 0.717) is 44.6 Å². The molecule has 1 aromatic rings. The molecule has 1 saturated heterocycles. The Morgan fingerprint density at radius 1 is 1.39 bits per heavy atom. The largest absolute Gasteiger partial charge is 0.472 e. The van der Waals surface area contributed by atoms with Crippen LogP contribution < -0.4 is 5.32 Å². The van der Waals surface area contributed by atoms with E-state index in [0.717, 1.165) is 6.42 Å². The van der Waals surface area contributed by atoms with Gasteiger partial charge in [-0.15, -0.1) is 0 Å². The van der Waals surface area contributed by atoms with Gasteiger partial charge in [-0.1, -0.05) is 0 Å². The quantitative estimate of drug-likeness (QED) is 0.780. The van der Waals surface area contributed by atoms with Gasteiger partial charge in [0.05, 0.1) is 17.9 Å². The highest BCUT2D eigenvalue weighted by Crippen LogP contribution is 2.19. The molecule has 0 radical (unpaired) electrons. The molecule has 0 saturated carbocycles. The van der Waals surface area contributed by atoms with E-state index in [2.05, 4.69) is 5.32 Å².